The number of nitrogen functional groups attached to an aromatic ring is 1. The van der Waals surface area contributed by atoms with Gasteiger partial charge in [-0.1, -0.05) is 6.07 Å². The summed E-state index contributed by atoms with van der Waals surface area (Å²) in [7, 11) is 0. The Balaban J connectivity index is 1.72. The molecule has 8 heteroatoms. The molecule has 0 fully saturated rings. The maximum absolute atomic E-state index is 12.9. The average Bonchev–Trinajstić information content (AvgIpc) is 2.62. The van der Waals surface area contributed by atoms with Crippen molar-refractivity contribution in [2.24, 2.45) is 0 Å². The smallest absolute Gasteiger partial charge is 0.232 e. The minimum absolute atomic E-state index is 0.0315. The van der Waals surface area contributed by atoms with Crippen LogP contribution in [0.2, 0.25) is 0 Å². The third-order valence-corrected chi connectivity index (χ3v) is 3.13. The molecular weight excluding hydrogens is 323 g/mol. The third-order valence-electron chi connectivity index (χ3n) is 3.13. The van der Waals surface area contributed by atoms with E-state index in [1.807, 2.05) is 6.07 Å². The molecular formula is C17H13FN6O. The molecule has 0 saturated carbocycles. The first-order valence-electron chi connectivity index (χ1n) is 7.28. The first-order valence-corrected chi connectivity index (χ1v) is 7.28. The van der Waals surface area contributed by atoms with Crippen LogP contribution in [-0.2, 0) is 6.61 Å². The normalized spacial score (nSPS) is 10.1. The standard InChI is InChI=1S/C17H13FN6O/c18-12-4-6-13(7-5-12)21-17-23-15(22-16(20)24-17)10-25-14-3-1-2-11(8-14)9-19/h1-8H,10H2,(H3,20,21,22,23,24). The van der Waals surface area contributed by atoms with Gasteiger partial charge in [0.05, 0.1) is 11.6 Å². The summed E-state index contributed by atoms with van der Waals surface area (Å²) >= 11 is 0. The van der Waals surface area contributed by atoms with Crippen LogP contribution >= 0.6 is 0 Å². The molecule has 0 bridgehead atoms. The minimum atomic E-state index is -0.339. The van der Waals surface area contributed by atoms with Crippen molar-refractivity contribution in [1.29, 1.82) is 5.26 Å². The molecule has 0 saturated heterocycles. The summed E-state index contributed by atoms with van der Waals surface area (Å²) < 4.78 is 18.5. The Kier molecular flexibility index (Phi) is 4.67. The highest BCUT2D eigenvalue weighted by atomic mass is 19.1. The van der Waals surface area contributed by atoms with Crippen molar-refractivity contribution in [2.45, 2.75) is 6.61 Å². The van der Waals surface area contributed by atoms with E-state index in [2.05, 4.69) is 20.3 Å². The molecule has 124 valence electrons. The van der Waals surface area contributed by atoms with Crippen LogP contribution < -0.4 is 15.8 Å². The molecule has 0 spiro atoms. The van der Waals surface area contributed by atoms with Crippen LogP contribution in [0.4, 0.5) is 22.0 Å². The number of nitrogens with one attached hydrogen (secondary N) is 1. The van der Waals surface area contributed by atoms with Gasteiger partial charge in [0, 0.05) is 5.69 Å². The molecule has 3 rings (SSSR count). The lowest BCUT2D eigenvalue weighted by Gasteiger charge is -2.09. The van der Waals surface area contributed by atoms with E-state index in [4.69, 9.17) is 15.7 Å². The van der Waals surface area contributed by atoms with E-state index < -0.39 is 0 Å². The molecule has 0 aliphatic carbocycles. The number of aromatic nitrogens is 3. The van der Waals surface area contributed by atoms with E-state index in [0.717, 1.165) is 0 Å². The highest BCUT2D eigenvalue weighted by molar-refractivity contribution is 5.53. The molecule has 3 aromatic rings. The third kappa shape index (κ3) is 4.39. The summed E-state index contributed by atoms with van der Waals surface area (Å²) in [5.74, 6) is 0.757. The quantitative estimate of drug-likeness (QED) is 0.737. The Labute approximate surface area is 142 Å². The molecule has 7 nitrogen and oxygen atoms in total. The number of nitriles is 1. The molecule has 0 radical (unpaired) electrons. The number of ether oxygens (including phenoxy) is 1. The molecule has 1 aromatic heterocycles. The summed E-state index contributed by atoms with van der Waals surface area (Å²) in [4.78, 5) is 12.2. The van der Waals surface area contributed by atoms with Crippen LogP contribution in [0, 0.1) is 17.1 Å². The van der Waals surface area contributed by atoms with Crippen LogP contribution in [0.5, 0.6) is 5.75 Å². The van der Waals surface area contributed by atoms with Crippen molar-refractivity contribution in [3.05, 3.63) is 65.7 Å². The van der Waals surface area contributed by atoms with E-state index in [9.17, 15) is 4.39 Å². The molecule has 0 amide bonds. The number of benzene rings is 2. The Morgan fingerprint density at radius 2 is 1.92 bits per heavy atom. The number of anilines is 3. The van der Waals surface area contributed by atoms with Crippen molar-refractivity contribution < 1.29 is 9.13 Å². The molecule has 2 aromatic carbocycles. The SMILES string of the molecule is N#Cc1cccc(OCc2nc(N)nc(Nc3ccc(F)cc3)n2)c1. The summed E-state index contributed by atoms with van der Waals surface area (Å²) in [5, 5.41) is 11.8. The second-order valence-corrected chi connectivity index (χ2v) is 4.99. The minimum Gasteiger partial charge on any atom is -0.486 e. The molecule has 0 aliphatic heterocycles. The largest absolute Gasteiger partial charge is 0.486 e. The highest BCUT2D eigenvalue weighted by Crippen LogP contribution is 2.16. The van der Waals surface area contributed by atoms with Gasteiger partial charge in [0.2, 0.25) is 11.9 Å². The Bertz CT molecular complexity index is 923. The van der Waals surface area contributed by atoms with Crippen LogP contribution in [-0.4, -0.2) is 15.0 Å². The van der Waals surface area contributed by atoms with Gasteiger partial charge in [0.25, 0.3) is 0 Å². The molecule has 0 atom stereocenters. The first kappa shape index (κ1) is 16.1. The lowest BCUT2D eigenvalue weighted by Crippen LogP contribution is -2.09. The van der Waals surface area contributed by atoms with Gasteiger partial charge < -0.3 is 15.8 Å². The molecule has 0 aliphatic rings. The summed E-state index contributed by atoms with van der Waals surface area (Å²) in [6, 6.07) is 14.5. The summed E-state index contributed by atoms with van der Waals surface area (Å²) in [6.07, 6.45) is 0. The van der Waals surface area contributed by atoms with Crippen molar-refractivity contribution in [2.75, 3.05) is 11.1 Å². The van der Waals surface area contributed by atoms with Gasteiger partial charge in [-0.25, -0.2) is 4.39 Å². The second-order valence-electron chi connectivity index (χ2n) is 4.99. The van der Waals surface area contributed by atoms with Crippen LogP contribution in [0.25, 0.3) is 0 Å². The maximum atomic E-state index is 12.9. The van der Waals surface area contributed by atoms with Crippen LogP contribution in [0.1, 0.15) is 11.4 Å². The zero-order valence-corrected chi connectivity index (χ0v) is 13.0. The highest BCUT2D eigenvalue weighted by Gasteiger charge is 2.07. The first-order chi connectivity index (χ1) is 12.1. The number of hydrogen-bond acceptors (Lipinski definition) is 7. The number of nitrogens with zero attached hydrogens (tertiary/aromatic N) is 4. The van der Waals surface area contributed by atoms with Gasteiger partial charge in [-0.3, -0.25) is 0 Å². The van der Waals surface area contributed by atoms with Crippen LogP contribution in [0.3, 0.4) is 0 Å². The second kappa shape index (κ2) is 7.23. The van der Waals surface area contributed by atoms with E-state index in [0.29, 0.717) is 22.8 Å². The van der Waals surface area contributed by atoms with E-state index in [1.165, 1.54) is 12.1 Å². The molecule has 1 heterocycles. The monoisotopic (exact) mass is 336 g/mol. The van der Waals surface area contributed by atoms with Gasteiger partial charge in [-0.15, -0.1) is 0 Å². The summed E-state index contributed by atoms with van der Waals surface area (Å²) in [6.45, 7) is 0.0553. The van der Waals surface area contributed by atoms with E-state index in [-0.39, 0.29) is 24.3 Å². The lowest BCUT2D eigenvalue weighted by atomic mass is 10.2. The van der Waals surface area contributed by atoms with Gasteiger partial charge in [0.1, 0.15) is 18.2 Å². The Morgan fingerprint density at radius 3 is 2.68 bits per heavy atom. The Hall–Kier alpha value is -3.73. The van der Waals surface area contributed by atoms with Gasteiger partial charge in [-0.05, 0) is 42.5 Å². The number of rotatable bonds is 5. The van der Waals surface area contributed by atoms with Crippen LogP contribution in [0.15, 0.2) is 48.5 Å². The van der Waals surface area contributed by atoms with Crippen molar-refractivity contribution in [3.63, 3.8) is 0 Å². The number of halogens is 1. The van der Waals surface area contributed by atoms with Crippen molar-refractivity contribution >= 4 is 17.6 Å². The number of hydrogen-bond donors (Lipinski definition) is 2. The maximum Gasteiger partial charge on any atom is 0.232 e. The fraction of sp³-hybridized carbons (Fsp3) is 0.0588. The van der Waals surface area contributed by atoms with Gasteiger partial charge in [-0.2, -0.15) is 20.2 Å². The predicted molar refractivity (Wildman–Crippen MR) is 89.4 cm³/mol. The molecule has 0 unspecified atom stereocenters. The Morgan fingerprint density at radius 1 is 1.12 bits per heavy atom. The number of nitrogens with two attached hydrogens (primary N) is 1. The fourth-order valence-electron chi connectivity index (χ4n) is 2.02. The van der Waals surface area contributed by atoms with E-state index >= 15 is 0 Å². The topological polar surface area (TPSA) is 110 Å². The molecule has 3 N–H and O–H groups in total. The van der Waals surface area contributed by atoms with E-state index in [1.54, 1.807) is 36.4 Å². The zero-order valence-electron chi connectivity index (χ0n) is 13.0. The lowest BCUT2D eigenvalue weighted by molar-refractivity contribution is 0.296. The van der Waals surface area contributed by atoms with Gasteiger partial charge in [0.15, 0.2) is 5.82 Å². The van der Waals surface area contributed by atoms with Crippen molar-refractivity contribution in [3.8, 4) is 11.8 Å². The summed E-state index contributed by atoms with van der Waals surface area (Å²) in [5.41, 5.74) is 6.79. The fourth-order valence-corrected chi connectivity index (χ4v) is 2.02. The molecule has 25 heavy (non-hydrogen) atoms. The van der Waals surface area contributed by atoms with Gasteiger partial charge >= 0.3 is 0 Å². The zero-order chi connectivity index (χ0) is 17.6. The van der Waals surface area contributed by atoms with Crippen molar-refractivity contribution in [1.82, 2.24) is 15.0 Å². The average molecular weight is 336 g/mol. The predicted octanol–water partition coefficient (Wildman–Crippen LogP) is 2.79.